The van der Waals surface area contributed by atoms with E-state index < -0.39 is 5.97 Å². The van der Waals surface area contributed by atoms with Gasteiger partial charge in [-0.15, -0.1) is 0 Å². The number of rotatable bonds is 6. The molecule has 1 fully saturated rings. The monoisotopic (exact) mass is 303 g/mol. The highest BCUT2D eigenvalue weighted by molar-refractivity contribution is 5.79. The third kappa shape index (κ3) is 4.58. The van der Waals surface area contributed by atoms with Gasteiger partial charge in [0.2, 0.25) is 5.91 Å². The number of aryl methyl sites for hydroxylation is 1. The van der Waals surface area contributed by atoms with Gasteiger partial charge >= 0.3 is 5.97 Å². The van der Waals surface area contributed by atoms with E-state index in [-0.39, 0.29) is 17.7 Å². The summed E-state index contributed by atoms with van der Waals surface area (Å²) in [5, 5.41) is 12.0. The number of aliphatic carboxylic acids is 1. The van der Waals surface area contributed by atoms with Crippen molar-refractivity contribution < 1.29 is 14.7 Å². The minimum atomic E-state index is -0.727. The van der Waals surface area contributed by atoms with E-state index in [1.54, 1.807) is 0 Å². The minimum absolute atomic E-state index is 0.0157. The fourth-order valence-corrected chi connectivity index (χ4v) is 3.02. The van der Waals surface area contributed by atoms with Gasteiger partial charge in [-0.2, -0.15) is 0 Å². The van der Waals surface area contributed by atoms with Crippen LogP contribution in [0.15, 0.2) is 24.3 Å². The Labute approximate surface area is 131 Å². The van der Waals surface area contributed by atoms with Gasteiger partial charge in [0.05, 0.1) is 5.92 Å². The molecule has 120 valence electrons. The largest absolute Gasteiger partial charge is 0.481 e. The zero-order chi connectivity index (χ0) is 15.9. The van der Waals surface area contributed by atoms with Gasteiger partial charge in [-0.1, -0.05) is 31.2 Å². The van der Waals surface area contributed by atoms with Crippen LogP contribution in [0.4, 0.5) is 0 Å². The smallest absolute Gasteiger partial charge is 0.306 e. The van der Waals surface area contributed by atoms with Crippen LogP contribution in [0.3, 0.4) is 0 Å². The molecule has 0 aromatic heterocycles. The second kappa shape index (κ2) is 7.97. The highest BCUT2D eigenvalue weighted by Crippen LogP contribution is 2.28. The van der Waals surface area contributed by atoms with Gasteiger partial charge in [-0.3, -0.25) is 9.59 Å². The number of benzene rings is 1. The number of carboxylic acid groups (broad SMARTS) is 1. The molecular weight excluding hydrogens is 278 g/mol. The van der Waals surface area contributed by atoms with Crippen LogP contribution in [-0.4, -0.2) is 23.5 Å². The van der Waals surface area contributed by atoms with Crippen LogP contribution in [0.25, 0.3) is 0 Å². The SMILES string of the molecule is CCc1ccc(CCNC(=O)C2CCC(C(=O)O)CC2)cc1. The fourth-order valence-electron chi connectivity index (χ4n) is 3.02. The zero-order valence-corrected chi connectivity index (χ0v) is 13.2. The first-order chi connectivity index (χ1) is 10.6. The summed E-state index contributed by atoms with van der Waals surface area (Å²) in [4.78, 5) is 23.0. The Morgan fingerprint density at radius 2 is 1.59 bits per heavy atom. The van der Waals surface area contributed by atoms with Gasteiger partial charge in [0.1, 0.15) is 0 Å². The second-order valence-corrected chi connectivity index (χ2v) is 6.10. The molecule has 0 unspecified atom stereocenters. The number of hydrogen-bond donors (Lipinski definition) is 2. The molecule has 4 heteroatoms. The summed E-state index contributed by atoms with van der Waals surface area (Å²) in [5.74, 6) is -0.928. The predicted octanol–water partition coefficient (Wildman–Crippen LogP) is 2.80. The van der Waals surface area contributed by atoms with E-state index in [0.717, 1.165) is 12.8 Å². The van der Waals surface area contributed by atoms with Gasteiger partial charge in [-0.25, -0.2) is 0 Å². The molecular formula is C18H25NO3. The van der Waals surface area contributed by atoms with Gasteiger partial charge in [0.25, 0.3) is 0 Å². The molecule has 1 aliphatic carbocycles. The standard InChI is InChI=1S/C18H25NO3/c1-2-13-3-5-14(6-4-13)11-12-19-17(20)15-7-9-16(10-8-15)18(21)22/h3-6,15-16H,2,7-12H2,1H3,(H,19,20)(H,21,22). The van der Waals surface area contributed by atoms with Crippen molar-refractivity contribution >= 4 is 11.9 Å². The Morgan fingerprint density at radius 1 is 1.05 bits per heavy atom. The quantitative estimate of drug-likeness (QED) is 0.849. The molecule has 0 spiro atoms. The van der Waals surface area contributed by atoms with Crippen molar-refractivity contribution in [3.05, 3.63) is 35.4 Å². The van der Waals surface area contributed by atoms with Crippen LogP contribution in [0, 0.1) is 11.8 Å². The Balaban J connectivity index is 1.70. The van der Waals surface area contributed by atoms with E-state index in [1.165, 1.54) is 11.1 Å². The molecule has 1 aliphatic rings. The van der Waals surface area contributed by atoms with E-state index >= 15 is 0 Å². The summed E-state index contributed by atoms with van der Waals surface area (Å²) < 4.78 is 0. The van der Waals surface area contributed by atoms with E-state index in [4.69, 9.17) is 5.11 Å². The van der Waals surface area contributed by atoms with E-state index in [0.29, 0.717) is 32.2 Å². The number of amides is 1. The predicted molar refractivity (Wildman–Crippen MR) is 85.6 cm³/mol. The molecule has 2 rings (SSSR count). The molecule has 1 aromatic carbocycles. The van der Waals surface area contributed by atoms with Crippen molar-refractivity contribution in [2.24, 2.45) is 11.8 Å². The maximum atomic E-state index is 12.1. The number of carboxylic acids is 1. The van der Waals surface area contributed by atoms with E-state index in [9.17, 15) is 9.59 Å². The van der Waals surface area contributed by atoms with Gasteiger partial charge in [0, 0.05) is 12.5 Å². The van der Waals surface area contributed by atoms with Gasteiger partial charge in [-0.05, 0) is 49.7 Å². The molecule has 2 N–H and O–H groups in total. The molecule has 1 aromatic rings. The molecule has 1 saturated carbocycles. The molecule has 22 heavy (non-hydrogen) atoms. The van der Waals surface area contributed by atoms with Crippen LogP contribution in [0.5, 0.6) is 0 Å². The Kier molecular flexibility index (Phi) is 5.99. The van der Waals surface area contributed by atoms with Crippen molar-refractivity contribution in [2.45, 2.75) is 45.4 Å². The highest BCUT2D eigenvalue weighted by atomic mass is 16.4. The maximum Gasteiger partial charge on any atom is 0.306 e. The minimum Gasteiger partial charge on any atom is -0.481 e. The Hall–Kier alpha value is -1.84. The molecule has 4 nitrogen and oxygen atoms in total. The molecule has 0 saturated heterocycles. The lowest BCUT2D eigenvalue weighted by atomic mass is 9.81. The third-order valence-electron chi connectivity index (χ3n) is 4.59. The van der Waals surface area contributed by atoms with E-state index in [2.05, 4.69) is 36.5 Å². The molecule has 1 amide bonds. The Morgan fingerprint density at radius 3 is 2.14 bits per heavy atom. The van der Waals surface area contributed by atoms with Crippen molar-refractivity contribution in [3.8, 4) is 0 Å². The van der Waals surface area contributed by atoms with Crippen LogP contribution in [0.1, 0.15) is 43.7 Å². The molecule has 0 bridgehead atoms. The summed E-state index contributed by atoms with van der Waals surface area (Å²) in [6.07, 6.45) is 4.48. The Bertz CT molecular complexity index is 502. The van der Waals surface area contributed by atoms with Gasteiger partial charge < -0.3 is 10.4 Å². The lowest BCUT2D eigenvalue weighted by Gasteiger charge is -2.25. The first kappa shape index (κ1) is 16.5. The van der Waals surface area contributed by atoms with E-state index in [1.807, 2.05) is 0 Å². The maximum absolute atomic E-state index is 12.1. The summed E-state index contributed by atoms with van der Waals surface area (Å²) >= 11 is 0. The van der Waals surface area contributed by atoms with Crippen molar-refractivity contribution in [2.75, 3.05) is 6.54 Å². The molecule has 0 heterocycles. The first-order valence-corrected chi connectivity index (χ1v) is 8.18. The zero-order valence-electron chi connectivity index (χ0n) is 13.2. The highest BCUT2D eigenvalue weighted by Gasteiger charge is 2.29. The summed E-state index contributed by atoms with van der Waals surface area (Å²) in [6, 6.07) is 8.49. The van der Waals surface area contributed by atoms with Crippen LogP contribution < -0.4 is 5.32 Å². The lowest BCUT2D eigenvalue weighted by Crippen LogP contribution is -2.35. The molecule has 0 radical (unpaired) electrons. The number of nitrogens with one attached hydrogen (secondary N) is 1. The lowest BCUT2D eigenvalue weighted by molar-refractivity contribution is -0.144. The van der Waals surface area contributed by atoms with Gasteiger partial charge in [0.15, 0.2) is 0 Å². The second-order valence-electron chi connectivity index (χ2n) is 6.10. The van der Waals surface area contributed by atoms with Crippen molar-refractivity contribution in [1.82, 2.24) is 5.32 Å². The fraction of sp³-hybridized carbons (Fsp3) is 0.556. The average Bonchev–Trinajstić information content (AvgIpc) is 2.55. The third-order valence-corrected chi connectivity index (χ3v) is 4.59. The topological polar surface area (TPSA) is 66.4 Å². The summed E-state index contributed by atoms with van der Waals surface area (Å²) in [7, 11) is 0. The van der Waals surface area contributed by atoms with Crippen LogP contribution >= 0.6 is 0 Å². The summed E-state index contributed by atoms with van der Waals surface area (Å²) in [6.45, 7) is 2.78. The normalized spacial score (nSPS) is 21.3. The van der Waals surface area contributed by atoms with Crippen LogP contribution in [-0.2, 0) is 22.4 Å². The first-order valence-electron chi connectivity index (χ1n) is 8.18. The van der Waals surface area contributed by atoms with Crippen LogP contribution in [0.2, 0.25) is 0 Å². The average molecular weight is 303 g/mol. The van der Waals surface area contributed by atoms with Crippen molar-refractivity contribution in [1.29, 1.82) is 0 Å². The summed E-state index contributed by atoms with van der Waals surface area (Å²) in [5.41, 5.74) is 2.55. The van der Waals surface area contributed by atoms with Crippen molar-refractivity contribution in [3.63, 3.8) is 0 Å². The number of hydrogen-bond acceptors (Lipinski definition) is 2. The number of carbonyl (C=O) groups excluding carboxylic acids is 1. The number of carbonyl (C=O) groups is 2. The molecule has 0 aliphatic heterocycles. The molecule has 0 atom stereocenters.